The van der Waals surface area contributed by atoms with E-state index in [4.69, 9.17) is 0 Å². The van der Waals surface area contributed by atoms with Gasteiger partial charge in [-0.05, 0) is 52.9 Å². The number of anilines is 1. The molecule has 0 aliphatic heterocycles. The molecule has 1 amide bonds. The minimum atomic E-state index is -0.597. The third kappa shape index (κ3) is 3.23. The third-order valence-corrected chi connectivity index (χ3v) is 3.26. The number of carbonyl (C=O) groups excluding carboxylic acids is 1. The van der Waals surface area contributed by atoms with Crippen LogP contribution in [0.2, 0.25) is 0 Å². The van der Waals surface area contributed by atoms with Crippen molar-refractivity contribution in [3.8, 4) is 5.75 Å². The van der Waals surface area contributed by atoms with E-state index in [2.05, 4.69) is 27.9 Å². The van der Waals surface area contributed by atoms with E-state index < -0.39 is 10.8 Å². The van der Waals surface area contributed by atoms with Crippen molar-refractivity contribution in [1.82, 2.24) is 0 Å². The van der Waals surface area contributed by atoms with E-state index in [1.807, 2.05) is 0 Å². The van der Waals surface area contributed by atoms with Crippen molar-refractivity contribution in [2.24, 2.45) is 0 Å². The number of nitrogens with zero attached hydrogens (tertiary/aromatic N) is 1. The minimum Gasteiger partial charge on any atom is -0.506 e. The minimum absolute atomic E-state index is 0.00255. The molecule has 0 saturated heterocycles. The van der Waals surface area contributed by atoms with Gasteiger partial charge in [0.15, 0.2) is 0 Å². The lowest BCUT2D eigenvalue weighted by Crippen LogP contribution is -2.12. The fourth-order valence-corrected chi connectivity index (χ4v) is 1.89. The second-order valence-electron chi connectivity index (χ2n) is 3.92. The predicted octanol–water partition coefficient (Wildman–Crippen LogP) is 3.16. The van der Waals surface area contributed by atoms with Crippen molar-refractivity contribution >= 4 is 39.9 Å². The fourth-order valence-electron chi connectivity index (χ4n) is 1.53. The van der Waals surface area contributed by atoms with E-state index >= 15 is 0 Å². The lowest BCUT2D eigenvalue weighted by atomic mass is 10.2. The van der Waals surface area contributed by atoms with Crippen LogP contribution in [-0.4, -0.2) is 15.9 Å². The van der Waals surface area contributed by atoms with Crippen molar-refractivity contribution in [1.29, 1.82) is 0 Å². The van der Waals surface area contributed by atoms with Crippen LogP contribution in [0.5, 0.6) is 5.75 Å². The summed E-state index contributed by atoms with van der Waals surface area (Å²) >= 11 is 2.11. The third-order valence-electron chi connectivity index (χ3n) is 2.55. The molecule has 6 nitrogen and oxygen atoms in total. The monoisotopic (exact) mass is 384 g/mol. The van der Waals surface area contributed by atoms with Gasteiger partial charge in [0.25, 0.3) is 11.6 Å². The first-order chi connectivity index (χ1) is 9.47. The molecule has 20 heavy (non-hydrogen) atoms. The van der Waals surface area contributed by atoms with E-state index in [9.17, 15) is 20.0 Å². The Bertz CT molecular complexity index is 671. The quantitative estimate of drug-likeness (QED) is 0.368. The number of hydrogen-bond donors (Lipinski definition) is 2. The summed E-state index contributed by atoms with van der Waals surface area (Å²) in [7, 11) is 0. The van der Waals surface area contributed by atoms with Gasteiger partial charge in [-0.1, -0.05) is 0 Å². The Labute approximate surface area is 127 Å². The molecule has 2 rings (SSSR count). The van der Waals surface area contributed by atoms with Gasteiger partial charge in [0.1, 0.15) is 5.75 Å². The number of non-ortho nitro benzene ring substituents is 1. The Balaban J connectivity index is 2.25. The van der Waals surface area contributed by atoms with Crippen LogP contribution in [0.15, 0.2) is 42.5 Å². The van der Waals surface area contributed by atoms with Crippen LogP contribution in [0.1, 0.15) is 10.4 Å². The highest BCUT2D eigenvalue weighted by Gasteiger charge is 2.13. The number of phenolic OH excluding ortho intramolecular Hbond substituents is 1. The predicted molar refractivity (Wildman–Crippen MR) is 81.9 cm³/mol. The van der Waals surface area contributed by atoms with Gasteiger partial charge in [-0.25, -0.2) is 0 Å². The van der Waals surface area contributed by atoms with E-state index in [0.717, 1.165) is 15.7 Å². The maximum atomic E-state index is 12.0. The number of amides is 1. The van der Waals surface area contributed by atoms with E-state index in [-0.39, 0.29) is 17.1 Å². The molecule has 2 aromatic rings. The van der Waals surface area contributed by atoms with Crippen molar-refractivity contribution < 1.29 is 14.8 Å². The van der Waals surface area contributed by atoms with E-state index in [1.54, 1.807) is 24.3 Å². The zero-order valence-electron chi connectivity index (χ0n) is 10.0. The fraction of sp³-hybridized carbons (Fsp3) is 0. The number of carbonyl (C=O) groups is 1. The van der Waals surface area contributed by atoms with Gasteiger partial charge in [-0.2, -0.15) is 0 Å². The topological polar surface area (TPSA) is 92.5 Å². The summed E-state index contributed by atoms with van der Waals surface area (Å²) < 4.78 is 0.984. The number of rotatable bonds is 3. The molecule has 0 spiro atoms. The van der Waals surface area contributed by atoms with Gasteiger partial charge in [0.2, 0.25) is 0 Å². The zero-order chi connectivity index (χ0) is 14.7. The molecular formula is C13H9IN2O4. The van der Waals surface area contributed by atoms with Crippen LogP contribution in [0.4, 0.5) is 11.4 Å². The second kappa shape index (κ2) is 5.87. The first-order valence-corrected chi connectivity index (χ1v) is 6.59. The number of hydrogen-bond acceptors (Lipinski definition) is 4. The Morgan fingerprint density at radius 3 is 2.45 bits per heavy atom. The van der Waals surface area contributed by atoms with Crippen molar-refractivity contribution in [2.45, 2.75) is 0 Å². The second-order valence-corrected chi connectivity index (χ2v) is 5.17. The molecule has 7 heteroatoms. The van der Waals surface area contributed by atoms with Gasteiger partial charge >= 0.3 is 0 Å². The van der Waals surface area contributed by atoms with Crippen LogP contribution >= 0.6 is 22.6 Å². The highest BCUT2D eigenvalue weighted by atomic mass is 127. The smallest absolute Gasteiger partial charge is 0.271 e. The first kappa shape index (κ1) is 14.3. The summed E-state index contributed by atoms with van der Waals surface area (Å²) in [6.45, 7) is 0. The molecule has 0 aromatic heterocycles. The normalized spacial score (nSPS) is 10.1. The Morgan fingerprint density at radius 1 is 1.20 bits per heavy atom. The molecule has 0 saturated carbocycles. The van der Waals surface area contributed by atoms with Gasteiger partial charge in [-0.15, -0.1) is 0 Å². The van der Waals surface area contributed by atoms with Crippen molar-refractivity contribution in [3.05, 3.63) is 61.7 Å². The Hall–Kier alpha value is -2.16. The largest absolute Gasteiger partial charge is 0.506 e. The molecule has 0 atom stereocenters. The Morgan fingerprint density at radius 2 is 1.85 bits per heavy atom. The van der Waals surface area contributed by atoms with Gasteiger partial charge in [0, 0.05) is 21.3 Å². The van der Waals surface area contributed by atoms with Gasteiger partial charge in [-0.3, -0.25) is 14.9 Å². The summed E-state index contributed by atoms with van der Waals surface area (Å²) in [4.78, 5) is 22.0. The zero-order valence-corrected chi connectivity index (χ0v) is 12.2. The maximum Gasteiger partial charge on any atom is 0.271 e. The number of benzene rings is 2. The highest BCUT2D eigenvalue weighted by Crippen LogP contribution is 2.28. The molecule has 0 bridgehead atoms. The number of nitro benzene ring substituents is 1. The molecular weight excluding hydrogens is 375 g/mol. The van der Waals surface area contributed by atoms with Crippen LogP contribution < -0.4 is 5.32 Å². The molecule has 2 N–H and O–H groups in total. The van der Waals surface area contributed by atoms with Crippen molar-refractivity contribution in [2.75, 3.05) is 5.32 Å². The summed E-state index contributed by atoms with van der Waals surface area (Å²) in [6.07, 6.45) is 0. The first-order valence-electron chi connectivity index (χ1n) is 5.51. The van der Waals surface area contributed by atoms with Crippen LogP contribution in [0, 0.1) is 13.7 Å². The summed E-state index contributed by atoms with van der Waals surface area (Å²) in [5, 5.41) is 22.7. The molecule has 0 radical (unpaired) electrons. The SMILES string of the molecule is O=C(Nc1cc([N+](=O)[O-])ccc1O)c1ccc(I)cc1. The number of aromatic hydroxyl groups is 1. The number of halogens is 1. The van der Waals surface area contributed by atoms with Gasteiger partial charge in [0.05, 0.1) is 10.6 Å². The number of nitrogens with one attached hydrogen (secondary N) is 1. The van der Waals surface area contributed by atoms with Crippen LogP contribution in [-0.2, 0) is 0 Å². The van der Waals surface area contributed by atoms with Gasteiger partial charge < -0.3 is 10.4 Å². The maximum absolute atomic E-state index is 12.0. The number of phenols is 1. The Kier molecular flexibility index (Phi) is 4.18. The molecule has 0 heterocycles. The van der Waals surface area contributed by atoms with E-state index in [1.165, 1.54) is 6.07 Å². The lowest BCUT2D eigenvalue weighted by molar-refractivity contribution is -0.384. The number of nitro groups is 1. The summed E-state index contributed by atoms with van der Waals surface area (Å²) in [6, 6.07) is 10.2. The molecule has 0 aliphatic carbocycles. The standard InChI is InChI=1S/C13H9IN2O4/c14-9-3-1-8(2-4-9)13(18)15-11-7-10(16(19)20)5-6-12(11)17/h1-7,17H,(H,15,18). The average Bonchev–Trinajstić information content (AvgIpc) is 2.41. The highest BCUT2D eigenvalue weighted by molar-refractivity contribution is 14.1. The molecule has 2 aromatic carbocycles. The van der Waals surface area contributed by atoms with Crippen LogP contribution in [0.25, 0.3) is 0 Å². The molecule has 0 aliphatic rings. The average molecular weight is 384 g/mol. The van der Waals surface area contributed by atoms with Crippen molar-refractivity contribution in [3.63, 3.8) is 0 Å². The molecule has 0 unspecified atom stereocenters. The molecule has 0 fully saturated rings. The van der Waals surface area contributed by atoms with E-state index in [0.29, 0.717) is 5.56 Å². The molecule has 102 valence electrons. The summed E-state index contributed by atoms with van der Waals surface area (Å²) in [5.74, 6) is -0.674. The lowest BCUT2D eigenvalue weighted by Gasteiger charge is -2.07. The van der Waals surface area contributed by atoms with Crippen LogP contribution in [0.3, 0.4) is 0 Å². The summed E-state index contributed by atoms with van der Waals surface area (Å²) in [5.41, 5.74) is 0.194.